The van der Waals surface area contributed by atoms with Crippen LogP contribution in [0.25, 0.3) is 0 Å². The van der Waals surface area contributed by atoms with Gasteiger partial charge < -0.3 is 5.11 Å². The Balaban J connectivity index is 3.05. The highest BCUT2D eigenvalue weighted by molar-refractivity contribution is 7.91. The quantitative estimate of drug-likeness (QED) is 0.768. The minimum Gasteiger partial charge on any atom is -0.392 e. The van der Waals surface area contributed by atoms with E-state index in [0.29, 0.717) is 5.56 Å². The van der Waals surface area contributed by atoms with E-state index in [1.165, 1.54) is 22.5 Å². The highest BCUT2D eigenvalue weighted by Gasteiger charge is 2.24. The fourth-order valence-corrected chi connectivity index (χ4v) is 3.99. The third-order valence-corrected chi connectivity index (χ3v) is 5.37. The minimum absolute atomic E-state index is 0.158. The van der Waals surface area contributed by atoms with Crippen LogP contribution < -0.4 is 0 Å². The van der Waals surface area contributed by atoms with Gasteiger partial charge in [0.05, 0.1) is 6.61 Å². The minimum atomic E-state index is -3.52. The normalized spacial score (nSPS) is 11.6. The molecule has 1 N–H and O–H groups in total. The maximum absolute atomic E-state index is 12.2. The number of aliphatic hydroxyl groups excluding tert-OH is 1. The van der Waals surface area contributed by atoms with Gasteiger partial charge in [-0.25, -0.2) is 8.42 Å². The molecule has 0 unspecified atom stereocenters. The Morgan fingerprint density at radius 1 is 1.35 bits per heavy atom. The Morgan fingerprint density at radius 2 is 1.94 bits per heavy atom. The van der Waals surface area contributed by atoms with Crippen molar-refractivity contribution in [1.82, 2.24) is 4.31 Å². The van der Waals surface area contributed by atoms with Crippen LogP contribution >= 0.6 is 11.3 Å². The van der Waals surface area contributed by atoms with E-state index in [-0.39, 0.29) is 23.9 Å². The first-order valence-electron chi connectivity index (χ1n) is 4.96. The van der Waals surface area contributed by atoms with Crippen molar-refractivity contribution in [3.05, 3.63) is 42.3 Å². The van der Waals surface area contributed by atoms with E-state index in [4.69, 9.17) is 5.11 Å². The molecule has 0 amide bonds. The second-order valence-electron chi connectivity index (χ2n) is 3.33. The number of sulfonamides is 1. The van der Waals surface area contributed by atoms with Gasteiger partial charge in [-0.2, -0.15) is 4.31 Å². The number of thiophene rings is 1. The Labute approximate surface area is 106 Å². The summed E-state index contributed by atoms with van der Waals surface area (Å²) in [4.78, 5) is 0. The van der Waals surface area contributed by atoms with E-state index in [2.05, 4.69) is 13.2 Å². The van der Waals surface area contributed by atoms with Gasteiger partial charge in [-0.1, -0.05) is 12.2 Å². The van der Waals surface area contributed by atoms with Crippen molar-refractivity contribution in [3.8, 4) is 0 Å². The zero-order valence-electron chi connectivity index (χ0n) is 9.37. The van der Waals surface area contributed by atoms with E-state index in [0.717, 1.165) is 11.3 Å². The number of rotatable bonds is 7. The van der Waals surface area contributed by atoms with E-state index < -0.39 is 10.0 Å². The molecule has 0 aliphatic heterocycles. The van der Waals surface area contributed by atoms with E-state index >= 15 is 0 Å². The molecule has 17 heavy (non-hydrogen) atoms. The average Bonchev–Trinajstić information content (AvgIpc) is 2.78. The molecule has 94 valence electrons. The molecule has 1 rings (SSSR count). The molecule has 0 bridgehead atoms. The van der Waals surface area contributed by atoms with Crippen LogP contribution in [0.15, 0.2) is 41.0 Å². The van der Waals surface area contributed by atoms with Gasteiger partial charge in [-0.3, -0.25) is 0 Å². The van der Waals surface area contributed by atoms with Crippen molar-refractivity contribution < 1.29 is 13.5 Å². The monoisotopic (exact) mass is 273 g/mol. The van der Waals surface area contributed by atoms with Gasteiger partial charge >= 0.3 is 0 Å². The maximum Gasteiger partial charge on any atom is 0.253 e. The zero-order valence-corrected chi connectivity index (χ0v) is 11.0. The number of hydrogen-bond acceptors (Lipinski definition) is 4. The average molecular weight is 273 g/mol. The summed E-state index contributed by atoms with van der Waals surface area (Å²) in [5.41, 5.74) is 0.603. The first-order valence-corrected chi connectivity index (χ1v) is 7.28. The van der Waals surface area contributed by atoms with E-state index in [9.17, 15) is 8.42 Å². The molecule has 0 spiro atoms. The summed E-state index contributed by atoms with van der Waals surface area (Å²) in [6, 6.07) is 1.49. The summed E-state index contributed by atoms with van der Waals surface area (Å²) in [5.74, 6) is 0. The predicted molar refractivity (Wildman–Crippen MR) is 69.4 cm³/mol. The van der Waals surface area contributed by atoms with E-state index in [1.807, 2.05) is 0 Å². The Morgan fingerprint density at radius 3 is 2.35 bits per heavy atom. The van der Waals surface area contributed by atoms with Crippen LogP contribution in [-0.4, -0.2) is 30.9 Å². The second kappa shape index (κ2) is 6.11. The summed E-state index contributed by atoms with van der Waals surface area (Å²) in [7, 11) is -3.52. The highest BCUT2D eigenvalue weighted by Crippen LogP contribution is 2.23. The van der Waals surface area contributed by atoms with Gasteiger partial charge in [0.25, 0.3) is 10.0 Å². The third kappa shape index (κ3) is 3.26. The molecule has 0 aliphatic carbocycles. The lowest BCUT2D eigenvalue weighted by atomic mass is 10.4. The largest absolute Gasteiger partial charge is 0.392 e. The number of hydrogen-bond donors (Lipinski definition) is 1. The van der Waals surface area contributed by atoms with Gasteiger partial charge in [0, 0.05) is 13.1 Å². The lowest BCUT2D eigenvalue weighted by molar-refractivity contribution is 0.282. The molecule has 0 radical (unpaired) electrons. The van der Waals surface area contributed by atoms with Crippen LogP contribution in [0, 0.1) is 0 Å². The number of nitrogens with zero attached hydrogens (tertiary/aromatic N) is 1. The molecule has 0 atom stereocenters. The Bertz CT molecular complexity index is 481. The fraction of sp³-hybridized carbons (Fsp3) is 0.273. The van der Waals surface area contributed by atoms with Gasteiger partial charge in [0.1, 0.15) is 4.21 Å². The summed E-state index contributed by atoms with van der Waals surface area (Å²) in [6.07, 6.45) is 3.06. The van der Waals surface area contributed by atoms with Gasteiger partial charge in [-0.15, -0.1) is 24.5 Å². The second-order valence-corrected chi connectivity index (χ2v) is 6.41. The summed E-state index contributed by atoms with van der Waals surface area (Å²) in [5, 5.41) is 10.6. The van der Waals surface area contributed by atoms with Crippen LogP contribution in [0.3, 0.4) is 0 Å². The molecular weight excluding hydrogens is 258 g/mol. The maximum atomic E-state index is 12.2. The van der Waals surface area contributed by atoms with Crippen LogP contribution in [-0.2, 0) is 16.6 Å². The third-order valence-electron chi connectivity index (χ3n) is 2.07. The first kappa shape index (κ1) is 14.1. The smallest absolute Gasteiger partial charge is 0.253 e. The molecule has 1 aromatic rings. The molecule has 1 heterocycles. The van der Waals surface area contributed by atoms with Gasteiger partial charge in [0.2, 0.25) is 0 Å². The van der Waals surface area contributed by atoms with Crippen LogP contribution in [0.5, 0.6) is 0 Å². The van der Waals surface area contributed by atoms with Gasteiger partial charge in [-0.05, 0) is 17.0 Å². The molecule has 6 heteroatoms. The standard InChI is InChI=1S/C11H15NO3S2/c1-3-5-12(6-4-2)17(14,15)11-7-10(8-13)9-16-11/h3-4,7,9,13H,1-2,5-6,8H2. The molecule has 0 saturated carbocycles. The zero-order chi connectivity index (χ0) is 12.9. The SMILES string of the molecule is C=CCN(CC=C)S(=O)(=O)c1cc(CO)cs1. The lowest BCUT2D eigenvalue weighted by Crippen LogP contribution is -2.30. The summed E-state index contributed by atoms with van der Waals surface area (Å²) >= 11 is 1.10. The van der Waals surface area contributed by atoms with Crippen molar-refractivity contribution in [2.45, 2.75) is 10.8 Å². The van der Waals surface area contributed by atoms with E-state index in [1.54, 1.807) is 5.38 Å². The Hall–Kier alpha value is -0.950. The van der Waals surface area contributed by atoms with Crippen LogP contribution in [0.2, 0.25) is 0 Å². The van der Waals surface area contributed by atoms with Crippen LogP contribution in [0.1, 0.15) is 5.56 Å². The van der Waals surface area contributed by atoms with Crippen molar-refractivity contribution in [3.63, 3.8) is 0 Å². The number of aliphatic hydroxyl groups is 1. The van der Waals surface area contributed by atoms with Crippen LogP contribution in [0.4, 0.5) is 0 Å². The van der Waals surface area contributed by atoms with Crippen molar-refractivity contribution in [2.75, 3.05) is 13.1 Å². The predicted octanol–water partition coefficient (Wildman–Crippen LogP) is 1.60. The highest BCUT2D eigenvalue weighted by atomic mass is 32.2. The fourth-order valence-electron chi connectivity index (χ4n) is 1.26. The lowest BCUT2D eigenvalue weighted by Gasteiger charge is -2.17. The first-order chi connectivity index (χ1) is 8.06. The summed E-state index contributed by atoms with van der Waals surface area (Å²) in [6.45, 7) is 7.38. The summed E-state index contributed by atoms with van der Waals surface area (Å²) < 4.78 is 25.9. The molecular formula is C11H15NO3S2. The van der Waals surface area contributed by atoms with Crippen molar-refractivity contribution >= 4 is 21.4 Å². The molecule has 0 aromatic carbocycles. The topological polar surface area (TPSA) is 57.6 Å². The van der Waals surface area contributed by atoms with Gasteiger partial charge in [0.15, 0.2) is 0 Å². The molecule has 4 nitrogen and oxygen atoms in total. The van der Waals surface area contributed by atoms with Crippen molar-refractivity contribution in [2.24, 2.45) is 0 Å². The van der Waals surface area contributed by atoms with Crippen molar-refractivity contribution in [1.29, 1.82) is 0 Å². The molecule has 0 fully saturated rings. The Kier molecular flexibility index (Phi) is 5.07. The molecule has 1 aromatic heterocycles. The molecule has 0 saturated heterocycles. The molecule has 0 aliphatic rings.